The molecule has 3 N–H and O–H groups in total. The number of rotatable bonds is 7. The number of hydrogen-bond donors (Lipinski definition) is 3. The summed E-state index contributed by atoms with van der Waals surface area (Å²) in [5, 5.41) is 6.19. The quantitative estimate of drug-likeness (QED) is 0.266. The topological polar surface area (TPSA) is 103 Å². The van der Waals surface area contributed by atoms with Gasteiger partial charge in [-0.3, -0.25) is 14.6 Å². The van der Waals surface area contributed by atoms with Crippen molar-refractivity contribution in [1.82, 2.24) is 25.1 Å². The number of pyridine rings is 1. The normalized spacial score (nSPS) is 17.9. The molecule has 0 aliphatic carbocycles. The molecule has 1 fully saturated rings. The van der Waals surface area contributed by atoms with Crippen molar-refractivity contribution < 1.29 is 18.7 Å². The number of benzene rings is 1. The number of carbonyl (C=O) groups excluding carboxylic acids is 2. The van der Waals surface area contributed by atoms with Crippen LogP contribution in [0.4, 0.5) is 15.8 Å². The molecule has 9 nitrogen and oxygen atoms in total. The van der Waals surface area contributed by atoms with Gasteiger partial charge in [0.1, 0.15) is 11.4 Å². The fourth-order valence-electron chi connectivity index (χ4n) is 5.52. The number of anilines is 2. The molecule has 0 saturated carbocycles. The standard InChI is InChI=1S/C32H34ClFN6O3/c1-32(11-6-16-40(32)26(41)7-5-15-39(2)3)12-8-20-19-35-13-9-22(20)28-29(27-24(37-28)10-14-36-31(27)42)38-25-18-21(34)17-23(33)30(25)43-4/h5,7,9,13,17-19,37-38H,6,10-11,14-16H2,1-4H3,(H,36,42)/b7-5+/t32-/m0/s1. The molecule has 2 amide bonds. The summed E-state index contributed by atoms with van der Waals surface area (Å²) < 4.78 is 19.9. The second-order valence-electron chi connectivity index (χ2n) is 11.0. The van der Waals surface area contributed by atoms with Crippen molar-refractivity contribution in [2.75, 3.05) is 46.2 Å². The van der Waals surface area contributed by atoms with E-state index in [9.17, 15) is 14.0 Å². The molecule has 0 radical (unpaired) electrons. The highest BCUT2D eigenvalue weighted by Crippen LogP contribution is 2.42. The molecule has 11 heteroatoms. The van der Waals surface area contributed by atoms with E-state index in [-0.39, 0.29) is 28.3 Å². The van der Waals surface area contributed by atoms with Crippen LogP contribution in [-0.4, -0.2) is 78.0 Å². The lowest BCUT2D eigenvalue weighted by atomic mass is 9.97. The molecule has 43 heavy (non-hydrogen) atoms. The summed E-state index contributed by atoms with van der Waals surface area (Å²) in [5.74, 6) is 6.00. The van der Waals surface area contributed by atoms with Crippen LogP contribution in [0.15, 0.2) is 42.7 Å². The predicted molar refractivity (Wildman–Crippen MR) is 165 cm³/mol. The zero-order valence-electron chi connectivity index (χ0n) is 24.6. The minimum absolute atomic E-state index is 0.0696. The van der Waals surface area contributed by atoms with Gasteiger partial charge in [-0.25, -0.2) is 4.39 Å². The third-order valence-corrected chi connectivity index (χ3v) is 7.91. The van der Waals surface area contributed by atoms with Crippen LogP contribution < -0.4 is 15.4 Å². The van der Waals surface area contributed by atoms with Gasteiger partial charge in [0.2, 0.25) is 5.91 Å². The van der Waals surface area contributed by atoms with Crippen molar-refractivity contribution in [2.24, 2.45) is 0 Å². The van der Waals surface area contributed by atoms with Crippen molar-refractivity contribution in [3.63, 3.8) is 0 Å². The van der Waals surface area contributed by atoms with Gasteiger partial charge in [-0.15, -0.1) is 0 Å². The Hall–Kier alpha value is -4.33. The molecule has 2 aromatic heterocycles. The number of halogens is 2. The van der Waals surface area contributed by atoms with Gasteiger partial charge in [0.15, 0.2) is 5.75 Å². The zero-order valence-corrected chi connectivity index (χ0v) is 25.4. The molecule has 0 bridgehead atoms. The highest BCUT2D eigenvalue weighted by Gasteiger charge is 2.37. The summed E-state index contributed by atoms with van der Waals surface area (Å²) in [7, 11) is 5.34. The number of methoxy groups -OCH3 is 1. The lowest BCUT2D eigenvalue weighted by molar-refractivity contribution is -0.128. The number of likely N-dealkylation sites (N-methyl/N-ethyl adjacent to an activating group) is 1. The molecular formula is C32H34ClFN6O3. The first-order chi connectivity index (χ1) is 20.6. The number of amides is 2. The van der Waals surface area contributed by atoms with Gasteiger partial charge in [0.05, 0.1) is 40.3 Å². The van der Waals surface area contributed by atoms with E-state index in [4.69, 9.17) is 16.3 Å². The Morgan fingerprint density at radius 3 is 2.95 bits per heavy atom. The van der Waals surface area contributed by atoms with E-state index >= 15 is 0 Å². The third kappa shape index (κ3) is 6.24. The molecule has 3 aromatic rings. The third-order valence-electron chi connectivity index (χ3n) is 7.63. The molecular weight excluding hydrogens is 571 g/mol. The summed E-state index contributed by atoms with van der Waals surface area (Å²) >= 11 is 6.27. The largest absolute Gasteiger partial charge is 0.493 e. The minimum atomic E-state index is -0.658. The van der Waals surface area contributed by atoms with E-state index in [1.165, 1.54) is 13.2 Å². The summed E-state index contributed by atoms with van der Waals surface area (Å²) in [6.07, 6.45) is 8.95. The number of aromatic nitrogens is 2. The van der Waals surface area contributed by atoms with Gasteiger partial charge in [-0.1, -0.05) is 29.5 Å². The minimum Gasteiger partial charge on any atom is -0.493 e. The number of fused-ring (bicyclic) bond motifs is 1. The van der Waals surface area contributed by atoms with Crippen LogP contribution in [0.25, 0.3) is 11.3 Å². The van der Waals surface area contributed by atoms with E-state index < -0.39 is 11.4 Å². The molecule has 224 valence electrons. The average Bonchev–Trinajstić information content (AvgIpc) is 3.53. The highest BCUT2D eigenvalue weighted by atomic mass is 35.5. The molecule has 1 atom stereocenters. The van der Waals surface area contributed by atoms with Crippen LogP contribution in [0.1, 0.15) is 41.4 Å². The first kappa shape index (κ1) is 30.1. The number of hydrogen-bond acceptors (Lipinski definition) is 6. The summed E-state index contributed by atoms with van der Waals surface area (Å²) in [6, 6.07) is 4.24. The van der Waals surface area contributed by atoms with Crippen molar-refractivity contribution in [3.8, 4) is 28.8 Å². The van der Waals surface area contributed by atoms with Crippen molar-refractivity contribution in [2.45, 2.75) is 31.7 Å². The predicted octanol–water partition coefficient (Wildman–Crippen LogP) is 4.76. The molecule has 4 heterocycles. The average molecular weight is 605 g/mol. The second kappa shape index (κ2) is 12.5. The lowest BCUT2D eigenvalue weighted by Crippen LogP contribution is -2.43. The Bertz CT molecular complexity index is 1660. The van der Waals surface area contributed by atoms with Crippen molar-refractivity contribution in [1.29, 1.82) is 0 Å². The zero-order chi connectivity index (χ0) is 30.7. The Morgan fingerprint density at radius 2 is 2.19 bits per heavy atom. The summed E-state index contributed by atoms with van der Waals surface area (Å²) in [5.41, 5.74) is 3.10. The van der Waals surface area contributed by atoms with E-state index in [2.05, 4.69) is 32.4 Å². The lowest BCUT2D eigenvalue weighted by Gasteiger charge is -2.29. The van der Waals surface area contributed by atoms with Crippen LogP contribution >= 0.6 is 11.6 Å². The first-order valence-corrected chi connectivity index (χ1v) is 14.4. The molecule has 0 unspecified atom stereocenters. The first-order valence-electron chi connectivity index (χ1n) is 14.0. The summed E-state index contributed by atoms with van der Waals surface area (Å²) in [4.78, 5) is 37.6. The smallest absolute Gasteiger partial charge is 0.255 e. The SMILES string of the molecule is COc1c(Cl)cc(F)cc1Nc1c(-c2ccncc2C#C[C@]2(C)CCCN2C(=O)/C=C/CN(C)C)[nH]c2c1C(=O)NCC2. The number of likely N-dealkylation sites (tertiary alicyclic amines) is 1. The number of nitrogens with zero attached hydrogens (tertiary/aromatic N) is 3. The number of nitrogens with one attached hydrogen (secondary N) is 3. The molecule has 0 spiro atoms. The maximum absolute atomic E-state index is 14.4. The summed E-state index contributed by atoms with van der Waals surface area (Å²) in [6.45, 7) is 3.75. The van der Waals surface area contributed by atoms with Gasteiger partial charge < -0.3 is 30.2 Å². The van der Waals surface area contributed by atoms with Crippen LogP contribution in [0.3, 0.4) is 0 Å². The van der Waals surface area contributed by atoms with Crippen LogP contribution in [0.5, 0.6) is 5.75 Å². The maximum Gasteiger partial charge on any atom is 0.255 e. The molecule has 1 saturated heterocycles. The Kier molecular flexibility index (Phi) is 8.76. The maximum atomic E-state index is 14.4. The second-order valence-corrected chi connectivity index (χ2v) is 11.4. The van der Waals surface area contributed by atoms with E-state index in [0.29, 0.717) is 54.1 Å². The van der Waals surface area contributed by atoms with Gasteiger partial charge in [0, 0.05) is 61.8 Å². The van der Waals surface area contributed by atoms with Gasteiger partial charge in [-0.2, -0.15) is 0 Å². The number of ether oxygens (including phenoxy) is 1. The number of H-pyrrole nitrogens is 1. The van der Waals surface area contributed by atoms with E-state index in [1.54, 1.807) is 18.5 Å². The Balaban J connectivity index is 1.56. The number of carbonyl (C=O) groups is 2. The van der Waals surface area contributed by atoms with Gasteiger partial charge in [-0.05, 0) is 46.0 Å². The Labute approximate surface area is 255 Å². The monoisotopic (exact) mass is 604 g/mol. The molecule has 1 aromatic carbocycles. The Morgan fingerprint density at radius 1 is 1.37 bits per heavy atom. The molecule has 2 aliphatic heterocycles. The number of aromatic amines is 1. The van der Waals surface area contributed by atoms with Gasteiger partial charge >= 0.3 is 0 Å². The molecule has 5 rings (SSSR count). The van der Waals surface area contributed by atoms with E-state index in [0.717, 1.165) is 24.6 Å². The van der Waals surface area contributed by atoms with Crippen LogP contribution in [-0.2, 0) is 11.2 Å². The van der Waals surface area contributed by atoms with E-state index in [1.807, 2.05) is 43.0 Å². The fraction of sp³-hybridized carbons (Fsp3) is 0.344. The van der Waals surface area contributed by atoms with Crippen molar-refractivity contribution in [3.05, 3.63) is 70.4 Å². The van der Waals surface area contributed by atoms with Crippen LogP contribution in [0, 0.1) is 17.7 Å². The highest BCUT2D eigenvalue weighted by molar-refractivity contribution is 6.32. The molecule has 2 aliphatic rings. The van der Waals surface area contributed by atoms with Crippen LogP contribution in [0.2, 0.25) is 5.02 Å². The van der Waals surface area contributed by atoms with Gasteiger partial charge in [0.25, 0.3) is 5.91 Å². The fourth-order valence-corrected chi connectivity index (χ4v) is 5.80. The van der Waals surface area contributed by atoms with Crippen molar-refractivity contribution >= 4 is 34.8 Å².